The summed E-state index contributed by atoms with van der Waals surface area (Å²) in [5, 5.41) is 13.7. The highest BCUT2D eigenvalue weighted by molar-refractivity contribution is 4.85. The third-order valence-electron chi connectivity index (χ3n) is 1.38. The summed E-state index contributed by atoms with van der Waals surface area (Å²) in [4.78, 5) is 2.53. The highest BCUT2D eigenvalue weighted by Crippen LogP contribution is 2.23. The van der Waals surface area contributed by atoms with Gasteiger partial charge in [0.15, 0.2) is 0 Å². The van der Waals surface area contributed by atoms with Crippen LogP contribution in [0, 0.1) is 0 Å². The number of hydrogen-bond acceptors (Lipinski definition) is 1. The number of azide groups is 1. The van der Waals surface area contributed by atoms with Gasteiger partial charge in [0.1, 0.15) is 6.10 Å². The van der Waals surface area contributed by atoms with Gasteiger partial charge in [0.25, 0.3) is 0 Å². The fourth-order valence-electron chi connectivity index (χ4n) is 0.650. The first kappa shape index (κ1) is 5.41. The minimum absolute atomic E-state index is 0.250. The molecule has 8 heavy (non-hydrogen) atoms. The third-order valence-corrected chi connectivity index (χ3v) is 1.38. The summed E-state index contributed by atoms with van der Waals surface area (Å²) in [7, 11) is 0. The summed E-state index contributed by atoms with van der Waals surface area (Å²) in [6.07, 6.45) is 0.827. The minimum atomic E-state index is -0.620. The van der Waals surface area contributed by atoms with Crippen LogP contribution in [-0.2, 0) is 5.11 Å². The van der Waals surface area contributed by atoms with E-state index in [-0.39, 0.29) is 6.04 Å². The Morgan fingerprint density at radius 1 is 1.62 bits per heavy atom. The number of rotatable bonds is 1. The monoisotopic (exact) mass is 112 g/mol. The van der Waals surface area contributed by atoms with Crippen LogP contribution in [0.25, 0.3) is 10.4 Å². The zero-order valence-corrected chi connectivity index (χ0v) is 4.32. The largest absolute Gasteiger partial charge is 0.233 e. The molecular formula is C4H6N3O. The molecule has 0 aromatic heterocycles. The van der Waals surface area contributed by atoms with Crippen molar-refractivity contribution in [2.45, 2.75) is 25.0 Å². The molecule has 0 unspecified atom stereocenters. The van der Waals surface area contributed by atoms with E-state index in [1.165, 1.54) is 0 Å². The quantitative estimate of drug-likeness (QED) is 0.278. The van der Waals surface area contributed by atoms with Crippen LogP contribution in [0.4, 0.5) is 0 Å². The van der Waals surface area contributed by atoms with Gasteiger partial charge in [-0.25, -0.2) is 5.11 Å². The topological polar surface area (TPSA) is 68.7 Å². The van der Waals surface area contributed by atoms with Crippen LogP contribution in [0.2, 0.25) is 0 Å². The van der Waals surface area contributed by atoms with Gasteiger partial charge in [0, 0.05) is 4.91 Å². The molecular weight excluding hydrogens is 106 g/mol. The van der Waals surface area contributed by atoms with Crippen LogP contribution in [0.15, 0.2) is 5.11 Å². The van der Waals surface area contributed by atoms with Crippen LogP contribution in [0.5, 0.6) is 0 Å². The van der Waals surface area contributed by atoms with E-state index in [9.17, 15) is 5.11 Å². The molecule has 43 valence electrons. The second kappa shape index (κ2) is 2.03. The highest BCUT2D eigenvalue weighted by Gasteiger charge is 2.28. The summed E-state index contributed by atoms with van der Waals surface area (Å²) in [6.45, 7) is 0. The van der Waals surface area contributed by atoms with Crippen LogP contribution in [0.3, 0.4) is 0 Å². The molecule has 0 aromatic carbocycles. The SMILES string of the molecule is [N-]=[N+]=N[C@@H]1CC[C@H]1[O]. The zero-order chi connectivity index (χ0) is 5.98. The van der Waals surface area contributed by atoms with Gasteiger partial charge in [-0.15, -0.1) is 0 Å². The summed E-state index contributed by atoms with van der Waals surface area (Å²) in [5.41, 5.74) is 7.84. The normalized spacial score (nSPS) is 35.1. The Hall–Kier alpha value is -0.730. The van der Waals surface area contributed by atoms with Crippen molar-refractivity contribution in [3.05, 3.63) is 10.4 Å². The van der Waals surface area contributed by atoms with Gasteiger partial charge in [-0.3, -0.25) is 0 Å². The average molecular weight is 112 g/mol. The summed E-state index contributed by atoms with van der Waals surface area (Å²) in [6, 6.07) is -0.250. The molecule has 0 N–H and O–H groups in total. The van der Waals surface area contributed by atoms with Gasteiger partial charge in [-0.1, -0.05) is 5.11 Å². The van der Waals surface area contributed by atoms with Crippen LogP contribution >= 0.6 is 0 Å². The lowest BCUT2D eigenvalue weighted by atomic mass is 9.90. The molecule has 0 aliphatic heterocycles. The molecule has 1 fully saturated rings. The van der Waals surface area contributed by atoms with E-state index in [1.807, 2.05) is 0 Å². The summed E-state index contributed by atoms with van der Waals surface area (Å²) in [5.74, 6) is 0. The summed E-state index contributed by atoms with van der Waals surface area (Å²) < 4.78 is 0. The summed E-state index contributed by atoms with van der Waals surface area (Å²) >= 11 is 0. The van der Waals surface area contributed by atoms with Crippen LogP contribution < -0.4 is 0 Å². The van der Waals surface area contributed by atoms with E-state index < -0.39 is 6.10 Å². The van der Waals surface area contributed by atoms with Crippen LogP contribution in [0.1, 0.15) is 12.8 Å². The van der Waals surface area contributed by atoms with Gasteiger partial charge in [0.2, 0.25) is 0 Å². The Morgan fingerprint density at radius 3 is 2.50 bits per heavy atom. The molecule has 0 bridgehead atoms. The van der Waals surface area contributed by atoms with E-state index in [0.717, 1.165) is 6.42 Å². The van der Waals surface area contributed by atoms with Crippen molar-refractivity contribution in [2.75, 3.05) is 0 Å². The fourth-order valence-corrected chi connectivity index (χ4v) is 0.650. The molecule has 2 atom stereocenters. The van der Waals surface area contributed by atoms with Crippen molar-refractivity contribution in [2.24, 2.45) is 5.11 Å². The lowest BCUT2D eigenvalue weighted by Gasteiger charge is -2.25. The molecule has 0 saturated heterocycles. The Balaban J connectivity index is 2.37. The predicted molar refractivity (Wildman–Crippen MR) is 26.6 cm³/mol. The standard InChI is InChI=1S/C4H6N3O/c5-7-6-3-1-2-4(3)8/h3-4H,1-2H2/t3-,4-/m1/s1. The first-order valence-corrected chi connectivity index (χ1v) is 2.54. The van der Waals surface area contributed by atoms with Crippen LogP contribution in [-0.4, -0.2) is 12.1 Å². The third kappa shape index (κ3) is 0.757. The maximum Gasteiger partial charge on any atom is 0.101 e. The van der Waals surface area contributed by atoms with Crippen molar-refractivity contribution >= 4 is 0 Å². The lowest BCUT2D eigenvalue weighted by Crippen LogP contribution is -2.33. The Kier molecular flexibility index (Phi) is 1.37. The lowest BCUT2D eigenvalue weighted by molar-refractivity contribution is 0.00534. The molecule has 4 heteroatoms. The Labute approximate surface area is 46.8 Å². The molecule has 1 rings (SSSR count). The van der Waals surface area contributed by atoms with Gasteiger partial charge >= 0.3 is 0 Å². The Bertz CT molecular complexity index is 129. The molecule has 0 aromatic rings. The fraction of sp³-hybridized carbons (Fsp3) is 1.00. The second-order valence-corrected chi connectivity index (χ2v) is 1.89. The van der Waals surface area contributed by atoms with E-state index in [2.05, 4.69) is 10.0 Å². The minimum Gasteiger partial charge on any atom is -0.233 e. The number of nitrogens with zero attached hydrogens (tertiary/aromatic N) is 3. The average Bonchev–Trinajstić information content (AvgIpc) is 1.79. The molecule has 0 heterocycles. The zero-order valence-electron chi connectivity index (χ0n) is 4.32. The molecule has 1 aliphatic rings. The van der Waals surface area contributed by atoms with Gasteiger partial charge in [0.05, 0.1) is 6.04 Å². The predicted octanol–water partition coefficient (Wildman–Crippen LogP) is 1.26. The van der Waals surface area contributed by atoms with E-state index in [4.69, 9.17) is 5.53 Å². The Morgan fingerprint density at radius 2 is 2.38 bits per heavy atom. The van der Waals surface area contributed by atoms with Crippen molar-refractivity contribution in [3.63, 3.8) is 0 Å². The molecule has 4 nitrogen and oxygen atoms in total. The first-order chi connectivity index (χ1) is 3.84. The van der Waals surface area contributed by atoms with E-state index >= 15 is 0 Å². The van der Waals surface area contributed by atoms with E-state index in [1.54, 1.807) is 0 Å². The van der Waals surface area contributed by atoms with Gasteiger partial charge < -0.3 is 0 Å². The van der Waals surface area contributed by atoms with Crippen molar-refractivity contribution < 1.29 is 5.11 Å². The molecule has 1 aliphatic carbocycles. The second-order valence-electron chi connectivity index (χ2n) is 1.89. The smallest absolute Gasteiger partial charge is 0.101 e. The molecule has 1 radical (unpaired) electrons. The maximum atomic E-state index is 10.4. The maximum absolute atomic E-state index is 10.4. The van der Waals surface area contributed by atoms with Gasteiger partial charge in [-0.2, -0.15) is 0 Å². The van der Waals surface area contributed by atoms with Crippen molar-refractivity contribution in [1.82, 2.24) is 0 Å². The highest BCUT2D eigenvalue weighted by atomic mass is 16.3. The molecule has 0 amide bonds. The first-order valence-electron chi connectivity index (χ1n) is 2.54. The van der Waals surface area contributed by atoms with Crippen molar-refractivity contribution in [3.8, 4) is 0 Å². The molecule has 1 saturated carbocycles. The number of hydrogen-bond donors (Lipinski definition) is 0. The molecule has 0 spiro atoms. The van der Waals surface area contributed by atoms with Crippen molar-refractivity contribution in [1.29, 1.82) is 0 Å². The van der Waals surface area contributed by atoms with E-state index in [0.29, 0.717) is 6.42 Å². The van der Waals surface area contributed by atoms with Gasteiger partial charge in [-0.05, 0) is 18.4 Å².